The number of esters is 1. The second kappa shape index (κ2) is 4.09. The summed E-state index contributed by atoms with van der Waals surface area (Å²) < 4.78 is 10.2. The van der Waals surface area contributed by atoms with Crippen molar-refractivity contribution in [1.29, 1.82) is 0 Å². The lowest BCUT2D eigenvalue weighted by Gasteiger charge is -2.27. The molecule has 0 radical (unpaired) electrons. The van der Waals surface area contributed by atoms with Gasteiger partial charge in [0.2, 0.25) is 0 Å². The molecular weight excluding hydrogens is 168 g/mol. The van der Waals surface area contributed by atoms with E-state index in [2.05, 4.69) is 4.74 Å². The van der Waals surface area contributed by atoms with E-state index >= 15 is 0 Å². The molecule has 0 N–H and O–H groups in total. The van der Waals surface area contributed by atoms with Crippen molar-refractivity contribution in [3.05, 3.63) is 0 Å². The molecule has 0 unspecified atom stereocenters. The van der Waals surface area contributed by atoms with Crippen LogP contribution < -0.4 is 0 Å². The maximum atomic E-state index is 11.2. The lowest BCUT2D eigenvalue weighted by atomic mass is 9.95. The Morgan fingerprint density at radius 3 is 1.92 bits per heavy atom. The quantitative estimate of drug-likeness (QED) is 0.635. The van der Waals surface area contributed by atoms with Gasteiger partial charge in [-0.05, 0) is 34.6 Å². The second-order valence-corrected chi connectivity index (χ2v) is 4.78. The van der Waals surface area contributed by atoms with Gasteiger partial charge >= 0.3 is 5.97 Å². The number of hydrogen-bond acceptors (Lipinski definition) is 3. The first-order chi connectivity index (χ1) is 5.69. The molecule has 3 nitrogen and oxygen atoms in total. The highest BCUT2D eigenvalue weighted by Crippen LogP contribution is 2.20. The van der Waals surface area contributed by atoms with Crippen LogP contribution in [0, 0.1) is 5.41 Å². The van der Waals surface area contributed by atoms with E-state index in [0.717, 1.165) is 0 Å². The van der Waals surface area contributed by atoms with Gasteiger partial charge in [-0.1, -0.05) is 0 Å². The van der Waals surface area contributed by atoms with E-state index < -0.39 is 5.41 Å². The van der Waals surface area contributed by atoms with Crippen molar-refractivity contribution in [2.45, 2.75) is 40.2 Å². The Balaban J connectivity index is 4.11. The van der Waals surface area contributed by atoms with Gasteiger partial charge in [0.05, 0.1) is 24.7 Å². The van der Waals surface area contributed by atoms with Gasteiger partial charge in [-0.15, -0.1) is 0 Å². The molecule has 0 saturated heterocycles. The molecule has 0 aromatic carbocycles. The Morgan fingerprint density at radius 1 is 1.15 bits per heavy atom. The van der Waals surface area contributed by atoms with Crippen LogP contribution in [0.3, 0.4) is 0 Å². The fourth-order valence-electron chi connectivity index (χ4n) is 0.732. The minimum absolute atomic E-state index is 0.217. The maximum absolute atomic E-state index is 11.2. The second-order valence-electron chi connectivity index (χ2n) is 4.78. The molecule has 0 aromatic rings. The predicted octanol–water partition coefficient (Wildman–Crippen LogP) is 2.00. The van der Waals surface area contributed by atoms with Crippen LogP contribution in [0.1, 0.15) is 34.6 Å². The molecular formula is C10H20O3. The first-order valence-electron chi connectivity index (χ1n) is 4.41. The van der Waals surface area contributed by atoms with E-state index in [-0.39, 0.29) is 11.6 Å². The summed E-state index contributed by atoms with van der Waals surface area (Å²) >= 11 is 0. The average Bonchev–Trinajstić information content (AvgIpc) is 1.98. The summed E-state index contributed by atoms with van der Waals surface area (Å²) in [7, 11) is 1.39. The van der Waals surface area contributed by atoms with Gasteiger partial charge in [-0.25, -0.2) is 0 Å². The minimum atomic E-state index is -0.567. The van der Waals surface area contributed by atoms with Crippen molar-refractivity contribution >= 4 is 5.97 Å². The van der Waals surface area contributed by atoms with Gasteiger partial charge in [0, 0.05) is 0 Å². The van der Waals surface area contributed by atoms with Crippen molar-refractivity contribution in [2.75, 3.05) is 13.7 Å². The van der Waals surface area contributed by atoms with Crippen molar-refractivity contribution in [3.8, 4) is 0 Å². The summed E-state index contributed by atoms with van der Waals surface area (Å²) in [4.78, 5) is 11.2. The average molecular weight is 188 g/mol. The molecule has 0 atom stereocenters. The number of rotatable bonds is 3. The topological polar surface area (TPSA) is 35.5 Å². The Labute approximate surface area is 80.4 Å². The minimum Gasteiger partial charge on any atom is -0.469 e. The van der Waals surface area contributed by atoms with E-state index in [1.165, 1.54) is 7.11 Å². The lowest BCUT2D eigenvalue weighted by molar-refractivity contribution is -0.157. The zero-order chi connectivity index (χ0) is 10.7. The molecule has 0 heterocycles. The zero-order valence-electron chi connectivity index (χ0n) is 9.43. The van der Waals surface area contributed by atoms with Crippen LogP contribution in [0.15, 0.2) is 0 Å². The largest absolute Gasteiger partial charge is 0.469 e. The maximum Gasteiger partial charge on any atom is 0.313 e. The molecule has 0 amide bonds. The molecule has 0 rings (SSSR count). The van der Waals surface area contributed by atoms with Crippen LogP contribution in [0.2, 0.25) is 0 Å². The van der Waals surface area contributed by atoms with Crippen LogP contribution in [-0.2, 0) is 14.3 Å². The molecule has 13 heavy (non-hydrogen) atoms. The third-order valence-electron chi connectivity index (χ3n) is 1.60. The van der Waals surface area contributed by atoms with Gasteiger partial charge < -0.3 is 9.47 Å². The molecule has 78 valence electrons. The predicted molar refractivity (Wildman–Crippen MR) is 51.5 cm³/mol. The highest BCUT2D eigenvalue weighted by Gasteiger charge is 2.30. The van der Waals surface area contributed by atoms with Crippen LogP contribution in [0.5, 0.6) is 0 Å². The summed E-state index contributed by atoms with van der Waals surface area (Å²) in [5, 5.41) is 0. The lowest BCUT2D eigenvalue weighted by Crippen LogP contribution is -2.34. The molecule has 0 aliphatic rings. The molecule has 0 spiro atoms. The molecule has 0 bridgehead atoms. The van der Waals surface area contributed by atoms with Gasteiger partial charge in [0.1, 0.15) is 0 Å². The standard InChI is InChI=1S/C10H20O3/c1-9(2,3)13-7-10(4,5)8(11)12-6/h7H2,1-6H3. The summed E-state index contributed by atoms with van der Waals surface area (Å²) in [5.41, 5.74) is -0.784. The molecule has 0 fully saturated rings. The van der Waals surface area contributed by atoms with Crippen molar-refractivity contribution < 1.29 is 14.3 Å². The zero-order valence-corrected chi connectivity index (χ0v) is 9.43. The summed E-state index contributed by atoms with van der Waals surface area (Å²) in [6, 6.07) is 0. The summed E-state index contributed by atoms with van der Waals surface area (Å²) in [6.07, 6.45) is 0. The normalized spacial score (nSPS) is 12.8. The van der Waals surface area contributed by atoms with Gasteiger partial charge in [-0.2, -0.15) is 0 Å². The van der Waals surface area contributed by atoms with Crippen molar-refractivity contribution in [3.63, 3.8) is 0 Å². The molecule has 3 heteroatoms. The summed E-state index contributed by atoms with van der Waals surface area (Å²) in [5.74, 6) is -0.239. The fourth-order valence-corrected chi connectivity index (χ4v) is 0.732. The first kappa shape index (κ1) is 12.4. The van der Waals surface area contributed by atoms with Crippen LogP contribution in [0.4, 0.5) is 0 Å². The highest BCUT2D eigenvalue weighted by atomic mass is 16.5. The Kier molecular flexibility index (Phi) is 3.91. The number of hydrogen-bond donors (Lipinski definition) is 0. The number of methoxy groups -OCH3 is 1. The Hall–Kier alpha value is -0.570. The fraction of sp³-hybridized carbons (Fsp3) is 0.900. The highest BCUT2D eigenvalue weighted by molar-refractivity contribution is 5.75. The van der Waals surface area contributed by atoms with E-state index in [4.69, 9.17) is 4.74 Å². The SMILES string of the molecule is COC(=O)C(C)(C)COC(C)(C)C. The number of ether oxygens (including phenoxy) is 2. The number of carbonyl (C=O) groups is 1. The third-order valence-corrected chi connectivity index (χ3v) is 1.60. The van der Waals surface area contributed by atoms with Crippen molar-refractivity contribution in [2.24, 2.45) is 5.41 Å². The number of carbonyl (C=O) groups excluding carboxylic acids is 1. The van der Waals surface area contributed by atoms with Crippen LogP contribution >= 0.6 is 0 Å². The van der Waals surface area contributed by atoms with Gasteiger partial charge in [0.25, 0.3) is 0 Å². The summed E-state index contributed by atoms with van der Waals surface area (Å²) in [6.45, 7) is 9.87. The third kappa shape index (κ3) is 4.88. The van der Waals surface area contributed by atoms with E-state index in [9.17, 15) is 4.79 Å². The van der Waals surface area contributed by atoms with Crippen LogP contribution in [0.25, 0.3) is 0 Å². The Morgan fingerprint density at radius 2 is 1.62 bits per heavy atom. The molecule has 0 aliphatic carbocycles. The molecule has 0 aliphatic heterocycles. The van der Waals surface area contributed by atoms with Crippen molar-refractivity contribution in [1.82, 2.24) is 0 Å². The molecule has 0 saturated carbocycles. The van der Waals surface area contributed by atoms with Gasteiger partial charge in [0.15, 0.2) is 0 Å². The van der Waals surface area contributed by atoms with E-state index in [0.29, 0.717) is 6.61 Å². The smallest absolute Gasteiger partial charge is 0.313 e. The van der Waals surface area contributed by atoms with E-state index in [1.54, 1.807) is 0 Å². The first-order valence-corrected chi connectivity index (χ1v) is 4.41. The van der Waals surface area contributed by atoms with E-state index in [1.807, 2.05) is 34.6 Å². The van der Waals surface area contributed by atoms with Crippen LogP contribution in [-0.4, -0.2) is 25.3 Å². The molecule has 0 aromatic heterocycles. The van der Waals surface area contributed by atoms with Gasteiger partial charge in [-0.3, -0.25) is 4.79 Å². The Bertz CT molecular complexity index is 177. The monoisotopic (exact) mass is 188 g/mol.